The Morgan fingerprint density at radius 3 is 2.61 bits per heavy atom. The molecular weight excluding hydrogens is 292 g/mol. The molecule has 0 aromatic carbocycles. The SMILES string of the molecule is CC/C=C/[C@H](CC)C[C@@]1(CC)C[C@@H](CC)C(CC(=O)OC)OO1. The van der Waals surface area contributed by atoms with Crippen LogP contribution in [0.25, 0.3) is 0 Å². The van der Waals surface area contributed by atoms with E-state index in [0.717, 1.165) is 38.5 Å². The van der Waals surface area contributed by atoms with Gasteiger partial charge < -0.3 is 4.74 Å². The van der Waals surface area contributed by atoms with Gasteiger partial charge in [-0.2, -0.15) is 0 Å². The number of hydrogen-bond acceptors (Lipinski definition) is 4. The van der Waals surface area contributed by atoms with Crippen molar-refractivity contribution in [2.24, 2.45) is 11.8 Å². The molecule has 0 bridgehead atoms. The summed E-state index contributed by atoms with van der Waals surface area (Å²) in [6.45, 7) is 8.68. The van der Waals surface area contributed by atoms with Gasteiger partial charge in [-0.3, -0.25) is 4.79 Å². The highest BCUT2D eigenvalue weighted by Crippen LogP contribution is 2.41. The van der Waals surface area contributed by atoms with E-state index in [1.807, 2.05) is 0 Å². The van der Waals surface area contributed by atoms with E-state index >= 15 is 0 Å². The summed E-state index contributed by atoms with van der Waals surface area (Å²) in [7, 11) is 1.41. The second-order valence-corrected chi connectivity index (χ2v) is 6.62. The van der Waals surface area contributed by atoms with Crippen molar-refractivity contribution in [2.45, 2.75) is 84.3 Å². The Hall–Kier alpha value is -0.870. The average molecular weight is 326 g/mol. The molecule has 1 unspecified atom stereocenters. The maximum absolute atomic E-state index is 11.5. The van der Waals surface area contributed by atoms with Gasteiger partial charge in [0.05, 0.1) is 13.5 Å². The summed E-state index contributed by atoms with van der Waals surface area (Å²) in [5.74, 6) is 0.599. The fourth-order valence-electron chi connectivity index (χ4n) is 3.36. The first-order valence-corrected chi connectivity index (χ1v) is 9.12. The lowest BCUT2D eigenvalue weighted by Crippen LogP contribution is -2.46. The number of rotatable bonds is 9. The minimum Gasteiger partial charge on any atom is -0.469 e. The molecule has 0 aliphatic carbocycles. The number of ether oxygens (including phenoxy) is 1. The smallest absolute Gasteiger partial charge is 0.308 e. The Bertz CT molecular complexity index is 380. The van der Waals surface area contributed by atoms with Crippen LogP contribution < -0.4 is 0 Å². The zero-order valence-corrected chi connectivity index (χ0v) is 15.5. The van der Waals surface area contributed by atoms with Gasteiger partial charge in [0.1, 0.15) is 11.7 Å². The van der Waals surface area contributed by atoms with Gasteiger partial charge in [0, 0.05) is 0 Å². The van der Waals surface area contributed by atoms with Crippen LogP contribution in [0.3, 0.4) is 0 Å². The molecular formula is C19H34O4. The number of methoxy groups -OCH3 is 1. The molecule has 1 aliphatic rings. The normalized spacial score (nSPS) is 29.6. The van der Waals surface area contributed by atoms with Crippen molar-refractivity contribution in [3.8, 4) is 0 Å². The van der Waals surface area contributed by atoms with Gasteiger partial charge >= 0.3 is 5.97 Å². The second-order valence-electron chi connectivity index (χ2n) is 6.62. The lowest BCUT2D eigenvalue weighted by atomic mass is 9.77. The molecule has 0 aromatic heterocycles. The summed E-state index contributed by atoms with van der Waals surface area (Å²) in [6.07, 6.45) is 10.6. The molecule has 0 spiro atoms. The first-order chi connectivity index (χ1) is 11.0. The number of allylic oxidation sites excluding steroid dienone is 2. The molecule has 4 heteroatoms. The zero-order valence-electron chi connectivity index (χ0n) is 15.5. The van der Waals surface area contributed by atoms with E-state index in [4.69, 9.17) is 14.5 Å². The maximum atomic E-state index is 11.5. The van der Waals surface area contributed by atoms with Crippen molar-refractivity contribution in [1.29, 1.82) is 0 Å². The van der Waals surface area contributed by atoms with Crippen molar-refractivity contribution in [1.82, 2.24) is 0 Å². The molecule has 1 fully saturated rings. The number of carbonyl (C=O) groups excluding carboxylic acids is 1. The molecule has 134 valence electrons. The van der Waals surface area contributed by atoms with E-state index in [0.29, 0.717) is 11.8 Å². The van der Waals surface area contributed by atoms with Crippen LogP contribution in [0.4, 0.5) is 0 Å². The van der Waals surface area contributed by atoms with Crippen LogP contribution in [0.1, 0.15) is 72.6 Å². The largest absolute Gasteiger partial charge is 0.469 e. The zero-order chi connectivity index (χ0) is 17.3. The summed E-state index contributed by atoms with van der Waals surface area (Å²) >= 11 is 0. The molecule has 0 aromatic rings. The monoisotopic (exact) mass is 326 g/mol. The van der Waals surface area contributed by atoms with Crippen molar-refractivity contribution in [3.05, 3.63) is 12.2 Å². The van der Waals surface area contributed by atoms with E-state index in [1.54, 1.807) is 0 Å². The minimum absolute atomic E-state index is 0.196. The number of carbonyl (C=O) groups is 1. The second kappa shape index (κ2) is 10.1. The van der Waals surface area contributed by atoms with Gasteiger partial charge in [0.2, 0.25) is 0 Å². The highest BCUT2D eigenvalue weighted by atomic mass is 17.2. The van der Waals surface area contributed by atoms with E-state index in [2.05, 4.69) is 39.8 Å². The average Bonchev–Trinajstić information content (AvgIpc) is 2.59. The van der Waals surface area contributed by atoms with E-state index in [-0.39, 0.29) is 24.1 Å². The van der Waals surface area contributed by atoms with Crippen LogP contribution in [0.2, 0.25) is 0 Å². The molecule has 4 atom stereocenters. The molecule has 1 rings (SSSR count). The lowest BCUT2D eigenvalue weighted by Gasteiger charge is -2.43. The van der Waals surface area contributed by atoms with Crippen molar-refractivity contribution >= 4 is 5.97 Å². The van der Waals surface area contributed by atoms with Crippen molar-refractivity contribution in [2.75, 3.05) is 7.11 Å². The molecule has 1 heterocycles. The molecule has 1 saturated heterocycles. The van der Waals surface area contributed by atoms with Gasteiger partial charge in [0.25, 0.3) is 0 Å². The third-order valence-electron chi connectivity index (χ3n) is 5.08. The third-order valence-corrected chi connectivity index (χ3v) is 5.08. The first-order valence-electron chi connectivity index (χ1n) is 9.12. The first kappa shape index (κ1) is 20.2. The molecule has 0 radical (unpaired) electrons. The van der Waals surface area contributed by atoms with Crippen LogP contribution in [0, 0.1) is 11.8 Å². The van der Waals surface area contributed by atoms with Gasteiger partial charge in [-0.25, -0.2) is 9.78 Å². The van der Waals surface area contributed by atoms with Crippen LogP contribution in [-0.4, -0.2) is 24.8 Å². The minimum atomic E-state index is -0.244. The fourth-order valence-corrected chi connectivity index (χ4v) is 3.36. The highest BCUT2D eigenvalue weighted by molar-refractivity contribution is 5.69. The Balaban J connectivity index is 2.77. The molecule has 0 N–H and O–H groups in total. The van der Waals surface area contributed by atoms with Crippen LogP contribution >= 0.6 is 0 Å². The Morgan fingerprint density at radius 1 is 1.35 bits per heavy atom. The summed E-state index contributed by atoms with van der Waals surface area (Å²) in [5, 5.41) is 0. The maximum Gasteiger partial charge on any atom is 0.308 e. The van der Waals surface area contributed by atoms with Crippen molar-refractivity contribution < 1.29 is 19.3 Å². The van der Waals surface area contributed by atoms with Crippen LogP contribution in [0.15, 0.2) is 12.2 Å². The van der Waals surface area contributed by atoms with Gasteiger partial charge in [-0.1, -0.05) is 46.3 Å². The number of hydrogen-bond donors (Lipinski definition) is 0. The standard InChI is InChI=1S/C19H34O4/c1-6-10-11-15(7-2)13-19(9-4)14-16(8-3)17(22-23-19)12-18(20)21-5/h10-11,15-17H,6-9,12-14H2,1-5H3/b11-10+/t15-,16+,17?,19-/m0/s1. The summed E-state index contributed by atoms with van der Waals surface area (Å²) in [4.78, 5) is 23.1. The van der Waals surface area contributed by atoms with Crippen LogP contribution in [-0.2, 0) is 19.3 Å². The number of esters is 1. The van der Waals surface area contributed by atoms with Gasteiger partial charge in [0.15, 0.2) is 0 Å². The summed E-state index contributed by atoms with van der Waals surface area (Å²) < 4.78 is 4.77. The Kier molecular flexibility index (Phi) is 8.85. The predicted octanol–water partition coefficient (Wildman–Crippen LogP) is 4.83. The topological polar surface area (TPSA) is 44.8 Å². The lowest BCUT2D eigenvalue weighted by molar-refractivity contribution is -0.424. The summed E-state index contributed by atoms with van der Waals surface area (Å²) in [6, 6.07) is 0. The van der Waals surface area contributed by atoms with E-state index in [1.165, 1.54) is 7.11 Å². The van der Waals surface area contributed by atoms with Gasteiger partial charge in [-0.05, 0) is 43.9 Å². The molecule has 23 heavy (non-hydrogen) atoms. The summed E-state index contributed by atoms with van der Waals surface area (Å²) in [5.41, 5.74) is -0.244. The molecule has 4 nitrogen and oxygen atoms in total. The van der Waals surface area contributed by atoms with E-state index < -0.39 is 0 Å². The Labute approximate surface area is 141 Å². The fraction of sp³-hybridized carbons (Fsp3) is 0.842. The molecule has 0 saturated carbocycles. The van der Waals surface area contributed by atoms with Crippen molar-refractivity contribution in [3.63, 3.8) is 0 Å². The molecule has 1 aliphatic heterocycles. The predicted molar refractivity (Wildman–Crippen MR) is 91.8 cm³/mol. The van der Waals surface area contributed by atoms with E-state index in [9.17, 15) is 4.79 Å². The quantitative estimate of drug-likeness (QED) is 0.346. The third kappa shape index (κ3) is 5.92. The highest BCUT2D eigenvalue weighted by Gasteiger charge is 2.43. The molecule has 0 amide bonds. The Morgan fingerprint density at radius 2 is 2.09 bits per heavy atom. The van der Waals surface area contributed by atoms with Crippen LogP contribution in [0.5, 0.6) is 0 Å². The van der Waals surface area contributed by atoms with Gasteiger partial charge in [-0.15, -0.1) is 0 Å².